The minimum Gasteiger partial charge on any atom is -0.246 e. The van der Waals surface area contributed by atoms with E-state index in [0.717, 1.165) is 16.3 Å². The van der Waals surface area contributed by atoms with Crippen LogP contribution in [-0.4, -0.2) is 19.7 Å². The Morgan fingerprint density at radius 2 is 1.67 bits per heavy atom. The van der Waals surface area contributed by atoms with E-state index < -0.39 is 9.84 Å². The molecule has 0 aliphatic carbocycles. The normalized spacial score (nSPS) is 12.1. The van der Waals surface area contributed by atoms with Gasteiger partial charge < -0.3 is 0 Å². The second kappa shape index (κ2) is 3.78. The van der Waals surface area contributed by atoms with E-state index in [9.17, 15) is 8.42 Å². The van der Waals surface area contributed by atoms with E-state index in [1.165, 1.54) is 6.26 Å². The van der Waals surface area contributed by atoms with Crippen LogP contribution in [-0.2, 0) is 9.84 Å². The summed E-state index contributed by atoms with van der Waals surface area (Å²) in [6, 6.07) is 14.9. The van der Waals surface area contributed by atoms with Crippen LogP contribution in [0.1, 0.15) is 0 Å². The molecule has 2 aromatic carbocycles. The van der Waals surface area contributed by atoms with Crippen LogP contribution in [0.15, 0.2) is 53.4 Å². The molecule has 0 atom stereocenters. The summed E-state index contributed by atoms with van der Waals surface area (Å²) in [6.45, 7) is 0. The lowest BCUT2D eigenvalue weighted by Gasteiger charge is -2.05. The van der Waals surface area contributed by atoms with Crippen LogP contribution in [0.5, 0.6) is 0 Å². The second-order valence-corrected chi connectivity index (χ2v) is 6.27. The molecule has 0 N–H and O–H groups in total. The summed E-state index contributed by atoms with van der Waals surface area (Å²) >= 11 is 0. The largest absolute Gasteiger partial charge is 0.246 e. The Bertz CT molecular complexity index is 854. The Morgan fingerprint density at radius 1 is 0.944 bits per heavy atom. The molecule has 0 amide bonds. The molecule has 0 aliphatic heterocycles. The van der Waals surface area contributed by atoms with Crippen LogP contribution >= 0.6 is 0 Å². The number of fused-ring (bicyclic) bond motifs is 2. The van der Waals surface area contributed by atoms with Crippen molar-refractivity contribution < 1.29 is 8.42 Å². The van der Waals surface area contributed by atoms with Crippen molar-refractivity contribution in [1.82, 2.24) is 4.98 Å². The third kappa shape index (κ3) is 1.75. The van der Waals surface area contributed by atoms with Crippen LogP contribution in [0.25, 0.3) is 21.8 Å². The standard InChI is InChI=1S/C14H11NO2S/c1-18(16,17)13-8-4-6-11-9-10-5-2-3-7-12(10)15-14(11)13/h2-9H,1H3. The fraction of sp³-hybridized carbons (Fsp3) is 0.0714. The quantitative estimate of drug-likeness (QED) is 0.630. The molecule has 90 valence electrons. The lowest BCUT2D eigenvalue weighted by molar-refractivity contribution is 0.602. The Kier molecular flexibility index (Phi) is 2.35. The summed E-state index contributed by atoms with van der Waals surface area (Å²) in [5.41, 5.74) is 1.35. The Morgan fingerprint density at radius 3 is 2.44 bits per heavy atom. The summed E-state index contributed by atoms with van der Waals surface area (Å²) in [4.78, 5) is 4.75. The van der Waals surface area contributed by atoms with Crippen LogP contribution in [0.3, 0.4) is 0 Å². The van der Waals surface area contributed by atoms with E-state index in [1.807, 2.05) is 36.4 Å². The van der Waals surface area contributed by atoms with Gasteiger partial charge in [-0.05, 0) is 18.2 Å². The molecule has 3 nitrogen and oxygen atoms in total. The van der Waals surface area contributed by atoms with Gasteiger partial charge in [0.1, 0.15) is 0 Å². The zero-order valence-corrected chi connectivity index (χ0v) is 10.6. The minimum atomic E-state index is -3.26. The van der Waals surface area contributed by atoms with Gasteiger partial charge in [0.25, 0.3) is 0 Å². The maximum atomic E-state index is 11.7. The van der Waals surface area contributed by atoms with Gasteiger partial charge in [0.2, 0.25) is 0 Å². The molecule has 3 rings (SSSR count). The molecule has 0 radical (unpaired) electrons. The zero-order chi connectivity index (χ0) is 12.8. The second-order valence-electron chi connectivity index (χ2n) is 4.28. The van der Waals surface area contributed by atoms with Crippen molar-refractivity contribution in [2.24, 2.45) is 0 Å². The van der Waals surface area contributed by atoms with E-state index in [2.05, 4.69) is 4.98 Å². The van der Waals surface area contributed by atoms with Crippen LogP contribution in [0.4, 0.5) is 0 Å². The SMILES string of the molecule is CS(=O)(=O)c1cccc2cc3ccccc3nc12. The maximum Gasteiger partial charge on any atom is 0.177 e. The van der Waals surface area contributed by atoms with Crippen LogP contribution in [0, 0.1) is 0 Å². The van der Waals surface area contributed by atoms with Crippen molar-refractivity contribution in [3.8, 4) is 0 Å². The first-order valence-corrected chi connectivity index (χ1v) is 7.43. The summed E-state index contributed by atoms with van der Waals surface area (Å²) in [5.74, 6) is 0. The summed E-state index contributed by atoms with van der Waals surface area (Å²) in [5, 5.41) is 1.85. The van der Waals surface area contributed by atoms with Gasteiger partial charge >= 0.3 is 0 Å². The fourth-order valence-corrected chi connectivity index (χ4v) is 2.91. The lowest BCUT2D eigenvalue weighted by atomic mass is 10.1. The van der Waals surface area contributed by atoms with Crippen molar-refractivity contribution in [1.29, 1.82) is 0 Å². The maximum absolute atomic E-state index is 11.7. The molecule has 4 heteroatoms. The Balaban J connectivity index is 2.51. The smallest absolute Gasteiger partial charge is 0.177 e. The van der Waals surface area contributed by atoms with Crippen molar-refractivity contribution in [3.05, 3.63) is 48.5 Å². The fourth-order valence-electron chi connectivity index (χ4n) is 2.07. The summed E-state index contributed by atoms with van der Waals surface area (Å²) in [7, 11) is -3.26. The molecule has 1 aromatic heterocycles. The van der Waals surface area contributed by atoms with Crippen LogP contribution < -0.4 is 0 Å². The van der Waals surface area contributed by atoms with Crippen LogP contribution in [0.2, 0.25) is 0 Å². The number of rotatable bonds is 1. The van der Waals surface area contributed by atoms with Crippen molar-refractivity contribution >= 4 is 31.6 Å². The lowest BCUT2D eigenvalue weighted by Crippen LogP contribution is -1.99. The molecule has 0 bridgehead atoms. The molecule has 0 fully saturated rings. The average Bonchev–Trinajstić information content (AvgIpc) is 2.34. The molecule has 0 spiro atoms. The summed E-state index contributed by atoms with van der Waals surface area (Å²) < 4.78 is 23.5. The number of aromatic nitrogens is 1. The minimum absolute atomic E-state index is 0.283. The first-order chi connectivity index (χ1) is 8.55. The van der Waals surface area contributed by atoms with Gasteiger partial charge in [-0.25, -0.2) is 13.4 Å². The highest BCUT2D eigenvalue weighted by atomic mass is 32.2. The third-order valence-electron chi connectivity index (χ3n) is 2.91. The van der Waals surface area contributed by atoms with Gasteiger partial charge in [-0.3, -0.25) is 0 Å². The summed E-state index contributed by atoms with van der Waals surface area (Å²) in [6.07, 6.45) is 1.21. The third-order valence-corrected chi connectivity index (χ3v) is 4.04. The van der Waals surface area contributed by atoms with E-state index in [1.54, 1.807) is 12.1 Å². The average molecular weight is 257 g/mol. The van der Waals surface area contributed by atoms with Crippen molar-refractivity contribution in [3.63, 3.8) is 0 Å². The predicted molar refractivity (Wildman–Crippen MR) is 72.4 cm³/mol. The van der Waals surface area contributed by atoms with Gasteiger partial charge in [0.15, 0.2) is 9.84 Å². The highest BCUT2D eigenvalue weighted by molar-refractivity contribution is 7.91. The highest BCUT2D eigenvalue weighted by Gasteiger charge is 2.13. The first-order valence-electron chi connectivity index (χ1n) is 5.54. The number of nitrogens with zero attached hydrogens (tertiary/aromatic N) is 1. The van der Waals surface area contributed by atoms with Crippen molar-refractivity contribution in [2.75, 3.05) is 6.26 Å². The van der Waals surface area contributed by atoms with E-state index in [-0.39, 0.29) is 4.90 Å². The van der Waals surface area contributed by atoms with E-state index in [4.69, 9.17) is 0 Å². The monoisotopic (exact) mass is 257 g/mol. The van der Waals surface area contributed by atoms with Gasteiger partial charge in [0.05, 0.1) is 15.9 Å². The molecular weight excluding hydrogens is 246 g/mol. The Hall–Kier alpha value is -1.94. The molecule has 0 aliphatic rings. The molecule has 0 saturated heterocycles. The van der Waals surface area contributed by atoms with Gasteiger partial charge in [-0.15, -0.1) is 0 Å². The number of benzene rings is 2. The predicted octanol–water partition coefficient (Wildman–Crippen LogP) is 2.79. The van der Waals surface area contributed by atoms with E-state index >= 15 is 0 Å². The molecule has 3 aromatic rings. The molecule has 18 heavy (non-hydrogen) atoms. The van der Waals surface area contributed by atoms with Gasteiger partial charge in [0, 0.05) is 17.0 Å². The number of hydrogen-bond acceptors (Lipinski definition) is 3. The first kappa shape index (κ1) is 11.2. The zero-order valence-electron chi connectivity index (χ0n) is 9.79. The molecule has 0 unspecified atom stereocenters. The highest BCUT2D eigenvalue weighted by Crippen LogP contribution is 2.24. The Labute approximate surface area is 105 Å². The topological polar surface area (TPSA) is 47.0 Å². The number of para-hydroxylation sites is 2. The van der Waals surface area contributed by atoms with Gasteiger partial charge in [-0.2, -0.15) is 0 Å². The van der Waals surface area contributed by atoms with Gasteiger partial charge in [-0.1, -0.05) is 30.3 Å². The van der Waals surface area contributed by atoms with Crippen molar-refractivity contribution in [2.45, 2.75) is 4.90 Å². The molecule has 1 heterocycles. The number of sulfone groups is 1. The molecule has 0 saturated carbocycles. The number of hydrogen-bond donors (Lipinski definition) is 0. The molecular formula is C14H11NO2S. The van der Waals surface area contributed by atoms with E-state index in [0.29, 0.717) is 5.52 Å². The number of pyridine rings is 1.